The molecule has 0 spiro atoms. The van der Waals surface area contributed by atoms with E-state index in [4.69, 9.17) is 4.74 Å². The molecule has 0 aliphatic heterocycles. The molecule has 1 radical (unpaired) electrons. The zero-order valence-electron chi connectivity index (χ0n) is 7.95. The van der Waals surface area contributed by atoms with Gasteiger partial charge in [0.05, 0.1) is 6.61 Å². The fourth-order valence-corrected chi connectivity index (χ4v) is 1.95. The minimum Gasteiger partial charge on any atom is -0.477 e. The van der Waals surface area contributed by atoms with E-state index in [9.17, 15) is 0 Å². The zero-order chi connectivity index (χ0) is 9.80. The van der Waals surface area contributed by atoms with Crippen molar-refractivity contribution in [1.82, 2.24) is 4.98 Å². The number of pyridine rings is 1. The van der Waals surface area contributed by atoms with Crippen LogP contribution in [0.2, 0.25) is 0 Å². The fraction of sp³-hybridized carbons (Fsp3) is 0.455. The van der Waals surface area contributed by atoms with Crippen LogP contribution in [0, 0.1) is 15.9 Å². The van der Waals surface area contributed by atoms with Gasteiger partial charge in [-0.25, -0.2) is 4.98 Å². The van der Waals surface area contributed by atoms with Crippen molar-refractivity contribution < 1.29 is 4.74 Å². The lowest BCUT2D eigenvalue weighted by Gasteiger charge is -2.09. The number of nitrogens with zero attached hydrogens (tertiary/aromatic N) is 1. The lowest BCUT2D eigenvalue weighted by atomic mass is 10.1. The predicted octanol–water partition coefficient (Wildman–Crippen LogP) is 3.07. The summed E-state index contributed by atoms with van der Waals surface area (Å²) in [5.41, 5.74) is 0. The van der Waals surface area contributed by atoms with Crippen LogP contribution in [0.25, 0.3) is 0 Å². The second-order valence-corrected chi connectivity index (χ2v) is 4.84. The van der Waals surface area contributed by atoms with Crippen molar-refractivity contribution in [2.45, 2.75) is 19.3 Å². The molecule has 1 aliphatic rings. The van der Waals surface area contributed by atoms with Gasteiger partial charge in [-0.1, -0.05) is 0 Å². The summed E-state index contributed by atoms with van der Waals surface area (Å²) in [6, 6.07) is 3.95. The molecule has 1 atom stereocenters. The first kappa shape index (κ1) is 10.2. The van der Waals surface area contributed by atoms with Crippen LogP contribution in [0.5, 0.6) is 5.88 Å². The van der Waals surface area contributed by atoms with Gasteiger partial charge in [-0.05, 0) is 60.3 Å². The van der Waals surface area contributed by atoms with E-state index in [1.807, 2.05) is 18.3 Å². The lowest BCUT2D eigenvalue weighted by Crippen LogP contribution is -2.08. The maximum absolute atomic E-state index is 5.61. The number of ether oxygens (including phenoxy) is 1. The third-order valence-electron chi connectivity index (χ3n) is 2.45. The Morgan fingerprint density at radius 1 is 1.50 bits per heavy atom. The van der Waals surface area contributed by atoms with Gasteiger partial charge in [0, 0.05) is 15.8 Å². The Morgan fingerprint density at radius 3 is 3.07 bits per heavy atom. The predicted molar refractivity (Wildman–Crippen MR) is 64.1 cm³/mol. The maximum Gasteiger partial charge on any atom is 0.213 e. The first-order valence-electron chi connectivity index (χ1n) is 4.90. The van der Waals surface area contributed by atoms with Gasteiger partial charge < -0.3 is 4.74 Å². The standard InChI is InChI=1S/C11H13INO/c12-10-5-6-11(13-7-10)14-8-9-3-1-2-4-9/h1,5-7,9H,2-4,8H2. The molecule has 1 aliphatic carbocycles. The smallest absolute Gasteiger partial charge is 0.213 e. The van der Waals surface area contributed by atoms with E-state index in [1.165, 1.54) is 19.3 Å². The topological polar surface area (TPSA) is 22.1 Å². The summed E-state index contributed by atoms with van der Waals surface area (Å²) >= 11 is 2.24. The average Bonchev–Trinajstić information content (AvgIpc) is 2.70. The Hall–Kier alpha value is -0.320. The highest BCUT2D eigenvalue weighted by atomic mass is 127. The SMILES string of the molecule is Ic1ccc(OCC2C[CH]CC2)nc1. The van der Waals surface area contributed by atoms with E-state index in [1.54, 1.807) is 0 Å². The molecule has 0 bridgehead atoms. The molecule has 14 heavy (non-hydrogen) atoms. The maximum atomic E-state index is 5.61. The molecular formula is C11H13INO. The van der Waals surface area contributed by atoms with Crippen LogP contribution in [0.1, 0.15) is 19.3 Å². The van der Waals surface area contributed by atoms with Crippen LogP contribution in [0.15, 0.2) is 18.3 Å². The van der Waals surface area contributed by atoms with Crippen LogP contribution in [-0.2, 0) is 0 Å². The van der Waals surface area contributed by atoms with Gasteiger partial charge in [-0.2, -0.15) is 0 Å². The molecule has 1 unspecified atom stereocenters. The van der Waals surface area contributed by atoms with Crippen molar-refractivity contribution in [3.63, 3.8) is 0 Å². The number of hydrogen-bond donors (Lipinski definition) is 0. The molecule has 1 saturated carbocycles. The van der Waals surface area contributed by atoms with Crippen LogP contribution < -0.4 is 4.74 Å². The molecule has 3 heteroatoms. The first-order valence-corrected chi connectivity index (χ1v) is 5.98. The number of halogens is 1. The van der Waals surface area contributed by atoms with Gasteiger partial charge >= 0.3 is 0 Å². The molecule has 1 fully saturated rings. The molecule has 1 aromatic rings. The minimum atomic E-state index is 0.705. The summed E-state index contributed by atoms with van der Waals surface area (Å²) in [4.78, 5) is 4.20. The highest BCUT2D eigenvalue weighted by Crippen LogP contribution is 2.24. The van der Waals surface area contributed by atoms with Crippen molar-refractivity contribution in [2.24, 2.45) is 5.92 Å². The van der Waals surface area contributed by atoms with Crippen molar-refractivity contribution in [1.29, 1.82) is 0 Å². The molecule has 75 valence electrons. The van der Waals surface area contributed by atoms with Crippen LogP contribution in [0.4, 0.5) is 0 Å². The van der Waals surface area contributed by atoms with Crippen molar-refractivity contribution in [2.75, 3.05) is 6.61 Å². The van der Waals surface area contributed by atoms with E-state index in [0.29, 0.717) is 5.92 Å². The van der Waals surface area contributed by atoms with Crippen molar-refractivity contribution in [3.8, 4) is 5.88 Å². The normalized spacial score (nSPS) is 17.2. The third-order valence-corrected chi connectivity index (χ3v) is 3.08. The van der Waals surface area contributed by atoms with Gasteiger partial charge in [-0.15, -0.1) is 0 Å². The summed E-state index contributed by atoms with van der Waals surface area (Å²) in [6.07, 6.45) is 7.88. The van der Waals surface area contributed by atoms with Gasteiger partial charge in [0.1, 0.15) is 0 Å². The molecule has 0 N–H and O–H groups in total. The first-order chi connectivity index (χ1) is 6.84. The highest BCUT2D eigenvalue weighted by molar-refractivity contribution is 14.1. The second kappa shape index (κ2) is 4.96. The van der Waals surface area contributed by atoms with Gasteiger partial charge in [0.2, 0.25) is 5.88 Å². The Kier molecular flexibility index (Phi) is 3.61. The van der Waals surface area contributed by atoms with Gasteiger partial charge in [0.25, 0.3) is 0 Å². The molecule has 0 amide bonds. The lowest BCUT2D eigenvalue weighted by molar-refractivity contribution is 0.245. The molecule has 2 nitrogen and oxygen atoms in total. The van der Waals surface area contributed by atoms with E-state index < -0.39 is 0 Å². The Bertz CT molecular complexity index is 280. The van der Waals surface area contributed by atoms with E-state index in [0.717, 1.165) is 16.1 Å². The summed E-state index contributed by atoms with van der Waals surface area (Å²) in [5, 5.41) is 0. The molecule has 0 saturated heterocycles. The van der Waals surface area contributed by atoms with Crippen molar-refractivity contribution >= 4 is 22.6 Å². The Morgan fingerprint density at radius 2 is 2.43 bits per heavy atom. The second-order valence-electron chi connectivity index (χ2n) is 3.59. The Labute approximate surface area is 98.2 Å². The van der Waals surface area contributed by atoms with Gasteiger partial charge in [-0.3, -0.25) is 0 Å². The van der Waals surface area contributed by atoms with Crippen LogP contribution >= 0.6 is 22.6 Å². The average molecular weight is 302 g/mol. The van der Waals surface area contributed by atoms with Crippen LogP contribution in [-0.4, -0.2) is 11.6 Å². The van der Waals surface area contributed by atoms with E-state index >= 15 is 0 Å². The van der Waals surface area contributed by atoms with E-state index in [-0.39, 0.29) is 0 Å². The zero-order valence-corrected chi connectivity index (χ0v) is 10.1. The molecule has 1 aromatic heterocycles. The quantitative estimate of drug-likeness (QED) is 0.801. The summed E-state index contributed by atoms with van der Waals surface area (Å²) in [7, 11) is 0. The Balaban J connectivity index is 1.82. The minimum absolute atomic E-state index is 0.705. The molecular weight excluding hydrogens is 289 g/mol. The third kappa shape index (κ3) is 2.83. The summed E-state index contributed by atoms with van der Waals surface area (Å²) < 4.78 is 6.75. The monoisotopic (exact) mass is 302 g/mol. The number of hydrogen-bond acceptors (Lipinski definition) is 2. The summed E-state index contributed by atoms with van der Waals surface area (Å²) in [6.45, 7) is 0.810. The largest absolute Gasteiger partial charge is 0.477 e. The number of aromatic nitrogens is 1. The summed E-state index contributed by atoms with van der Waals surface area (Å²) in [5.74, 6) is 1.45. The highest BCUT2D eigenvalue weighted by Gasteiger charge is 2.15. The molecule has 2 rings (SSSR count). The fourth-order valence-electron chi connectivity index (χ4n) is 1.63. The van der Waals surface area contributed by atoms with E-state index in [2.05, 4.69) is 34.0 Å². The molecule has 0 aromatic carbocycles. The van der Waals surface area contributed by atoms with Crippen molar-refractivity contribution in [3.05, 3.63) is 28.3 Å². The number of rotatable bonds is 3. The molecule has 1 heterocycles. The van der Waals surface area contributed by atoms with Crippen LogP contribution in [0.3, 0.4) is 0 Å². The van der Waals surface area contributed by atoms with Gasteiger partial charge in [0.15, 0.2) is 0 Å².